The molecule has 2 rings (SSSR count). The second-order valence-electron chi connectivity index (χ2n) is 2.41. The van der Waals surface area contributed by atoms with E-state index >= 15 is 0 Å². The van der Waals surface area contributed by atoms with Gasteiger partial charge in [0.15, 0.2) is 5.65 Å². The summed E-state index contributed by atoms with van der Waals surface area (Å²) in [6.07, 6.45) is 4.75. The molecule has 6 heteroatoms. The number of carbonyl (C=O) groups is 1. The third-order valence-corrected chi connectivity index (χ3v) is 1.64. The van der Waals surface area contributed by atoms with Crippen molar-refractivity contribution in [2.45, 2.75) is 0 Å². The molecule has 1 N–H and O–H groups in total. The van der Waals surface area contributed by atoms with Gasteiger partial charge in [-0.3, -0.25) is 14.2 Å². The summed E-state index contributed by atoms with van der Waals surface area (Å²) in [5.41, 5.74) is 0.557. The van der Waals surface area contributed by atoms with E-state index in [4.69, 9.17) is 0 Å². The van der Waals surface area contributed by atoms with E-state index < -0.39 is 0 Å². The summed E-state index contributed by atoms with van der Waals surface area (Å²) in [4.78, 5) is 15.1. The fourth-order valence-corrected chi connectivity index (χ4v) is 1.02. The second kappa shape index (κ2) is 2.81. The van der Waals surface area contributed by atoms with Crippen LogP contribution in [0.15, 0.2) is 18.6 Å². The molecule has 0 aromatic carbocycles. The van der Waals surface area contributed by atoms with Gasteiger partial charge in [-0.25, -0.2) is 0 Å². The Hall–Kier alpha value is -1.98. The van der Waals surface area contributed by atoms with Gasteiger partial charge >= 0.3 is 0 Å². The number of rotatable bonds is 1. The van der Waals surface area contributed by atoms with Crippen LogP contribution in [-0.2, 0) is 0 Å². The Balaban J connectivity index is 2.64. The molecule has 2 aromatic heterocycles. The molecule has 0 radical (unpaired) electrons. The Bertz CT molecular complexity index is 449. The Labute approximate surface area is 73.6 Å². The lowest BCUT2D eigenvalue weighted by atomic mass is 10.5. The van der Waals surface area contributed by atoms with Crippen LogP contribution in [0.4, 0.5) is 0 Å². The van der Waals surface area contributed by atoms with Gasteiger partial charge in [0.1, 0.15) is 0 Å². The van der Waals surface area contributed by atoms with Crippen LogP contribution in [0.5, 0.6) is 0 Å². The fourth-order valence-electron chi connectivity index (χ4n) is 1.02. The van der Waals surface area contributed by atoms with Crippen LogP contribution in [0.25, 0.3) is 5.65 Å². The molecule has 13 heavy (non-hydrogen) atoms. The van der Waals surface area contributed by atoms with E-state index in [1.807, 2.05) is 0 Å². The Morgan fingerprint density at radius 2 is 2.38 bits per heavy atom. The first kappa shape index (κ1) is 7.66. The van der Waals surface area contributed by atoms with Gasteiger partial charge in [-0.2, -0.15) is 0 Å². The maximum Gasteiger partial charge on any atom is 0.289 e. The lowest BCUT2D eigenvalue weighted by molar-refractivity contribution is 0.0951. The molecule has 0 aliphatic rings. The molecule has 2 heterocycles. The van der Waals surface area contributed by atoms with E-state index in [1.165, 1.54) is 0 Å². The summed E-state index contributed by atoms with van der Waals surface area (Å²) < 4.78 is 1.58. The number of hydrogen-bond acceptors (Lipinski definition) is 4. The van der Waals surface area contributed by atoms with Crippen LogP contribution in [-0.4, -0.2) is 32.5 Å². The minimum absolute atomic E-state index is 0.264. The Morgan fingerprint density at radius 1 is 1.54 bits per heavy atom. The van der Waals surface area contributed by atoms with Crippen LogP contribution < -0.4 is 5.32 Å². The van der Waals surface area contributed by atoms with Crippen LogP contribution in [0, 0.1) is 0 Å². The molecule has 0 saturated carbocycles. The van der Waals surface area contributed by atoms with Gasteiger partial charge in [-0.15, -0.1) is 10.2 Å². The zero-order chi connectivity index (χ0) is 9.26. The van der Waals surface area contributed by atoms with Gasteiger partial charge in [0, 0.05) is 19.4 Å². The van der Waals surface area contributed by atoms with Crippen molar-refractivity contribution >= 4 is 11.6 Å². The summed E-state index contributed by atoms with van der Waals surface area (Å²) in [7, 11) is 1.55. The SMILES string of the molecule is CNC(=O)c1nnc2cnccn12. The Morgan fingerprint density at radius 3 is 3.15 bits per heavy atom. The number of aromatic nitrogens is 4. The van der Waals surface area contributed by atoms with Crippen molar-refractivity contribution < 1.29 is 4.79 Å². The highest BCUT2D eigenvalue weighted by atomic mass is 16.2. The molecule has 0 unspecified atom stereocenters. The number of nitrogens with zero attached hydrogens (tertiary/aromatic N) is 4. The largest absolute Gasteiger partial charge is 0.352 e. The minimum atomic E-state index is -0.265. The number of hydrogen-bond donors (Lipinski definition) is 1. The van der Waals surface area contributed by atoms with Crippen LogP contribution in [0.1, 0.15) is 10.6 Å². The Kier molecular flexibility index (Phi) is 1.66. The summed E-state index contributed by atoms with van der Waals surface area (Å²) in [5, 5.41) is 9.98. The average molecular weight is 177 g/mol. The molecule has 1 amide bonds. The molecular weight excluding hydrogens is 170 g/mol. The monoisotopic (exact) mass is 177 g/mol. The fraction of sp³-hybridized carbons (Fsp3) is 0.143. The first-order chi connectivity index (χ1) is 6.33. The van der Waals surface area contributed by atoms with Gasteiger partial charge in [0.2, 0.25) is 5.82 Å². The third kappa shape index (κ3) is 1.12. The molecule has 0 aliphatic carbocycles. The lowest BCUT2D eigenvalue weighted by Gasteiger charge is -1.95. The zero-order valence-electron chi connectivity index (χ0n) is 6.93. The normalized spacial score (nSPS) is 10.2. The van der Waals surface area contributed by atoms with E-state index in [-0.39, 0.29) is 11.7 Å². The van der Waals surface area contributed by atoms with Crippen molar-refractivity contribution in [2.75, 3.05) is 7.05 Å². The van der Waals surface area contributed by atoms with Crippen molar-refractivity contribution in [2.24, 2.45) is 0 Å². The van der Waals surface area contributed by atoms with E-state index in [0.717, 1.165) is 0 Å². The van der Waals surface area contributed by atoms with Crippen molar-refractivity contribution in [1.29, 1.82) is 0 Å². The van der Waals surface area contributed by atoms with Gasteiger partial charge in [-0.05, 0) is 0 Å². The highest BCUT2D eigenvalue weighted by molar-refractivity contribution is 5.90. The van der Waals surface area contributed by atoms with Crippen LogP contribution >= 0.6 is 0 Å². The average Bonchev–Trinajstić information content (AvgIpc) is 2.60. The minimum Gasteiger partial charge on any atom is -0.352 e. The molecule has 0 spiro atoms. The van der Waals surface area contributed by atoms with E-state index in [0.29, 0.717) is 5.65 Å². The van der Waals surface area contributed by atoms with E-state index in [9.17, 15) is 4.79 Å². The van der Waals surface area contributed by atoms with Gasteiger partial charge in [0.25, 0.3) is 5.91 Å². The van der Waals surface area contributed by atoms with Crippen LogP contribution in [0.2, 0.25) is 0 Å². The molecular formula is C7H7N5O. The molecule has 0 atom stereocenters. The molecule has 66 valence electrons. The molecule has 6 nitrogen and oxygen atoms in total. The zero-order valence-corrected chi connectivity index (χ0v) is 6.93. The number of nitrogens with one attached hydrogen (secondary N) is 1. The molecule has 0 saturated heterocycles. The third-order valence-electron chi connectivity index (χ3n) is 1.64. The van der Waals surface area contributed by atoms with Crippen molar-refractivity contribution in [1.82, 2.24) is 24.9 Å². The number of amides is 1. The van der Waals surface area contributed by atoms with Crippen LogP contribution in [0.3, 0.4) is 0 Å². The summed E-state index contributed by atoms with van der Waals surface area (Å²) in [5.74, 6) is -0.00130. The second-order valence-corrected chi connectivity index (χ2v) is 2.41. The quantitative estimate of drug-likeness (QED) is 0.636. The molecule has 0 aliphatic heterocycles. The summed E-state index contributed by atoms with van der Waals surface area (Å²) in [6, 6.07) is 0. The van der Waals surface area contributed by atoms with E-state index in [1.54, 1.807) is 30.0 Å². The van der Waals surface area contributed by atoms with Gasteiger partial charge < -0.3 is 5.32 Å². The standard InChI is InChI=1S/C7H7N5O/c1-8-7(13)6-11-10-5-4-9-2-3-12(5)6/h2-4H,1H3,(H,8,13). The summed E-state index contributed by atoms with van der Waals surface area (Å²) in [6.45, 7) is 0. The number of fused-ring (bicyclic) bond motifs is 1. The lowest BCUT2D eigenvalue weighted by Crippen LogP contribution is -2.20. The van der Waals surface area contributed by atoms with Crippen molar-refractivity contribution in [3.63, 3.8) is 0 Å². The maximum atomic E-state index is 11.2. The smallest absolute Gasteiger partial charge is 0.289 e. The first-order valence-corrected chi connectivity index (χ1v) is 3.70. The highest BCUT2D eigenvalue weighted by Gasteiger charge is 2.11. The predicted octanol–water partition coefficient (Wildman–Crippen LogP) is -0.516. The van der Waals surface area contributed by atoms with Gasteiger partial charge in [0.05, 0.1) is 6.20 Å². The van der Waals surface area contributed by atoms with Crippen molar-refractivity contribution in [3.8, 4) is 0 Å². The first-order valence-electron chi connectivity index (χ1n) is 3.70. The van der Waals surface area contributed by atoms with E-state index in [2.05, 4.69) is 20.5 Å². The molecule has 0 bridgehead atoms. The molecule has 2 aromatic rings. The predicted molar refractivity (Wildman–Crippen MR) is 44.2 cm³/mol. The topological polar surface area (TPSA) is 72.2 Å². The maximum absolute atomic E-state index is 11.2. The number of carbonyl (C=O) groups excluding carboxylic acids is 1. The van der Waals surface area contributed by atoms with Crippen molar-refractivity contribution in [3.05, 3.63) is 24.4 Å². The van der Waals surface area contributed by atoms with Gasteiger partial charge in [-0.1, -0.05) is 0 Å². The molecule has 0 fully saturated rings. The highest BCUT2D eigenvalue weighted by Crippen LogP contribution is 1.99. The summed E-state index contributed by atoms with van der Waals surface area (Å²) >= 11 is 0.